The van der Waals surface area contributed by atoms with Crippen LogP contribution in [0, 0.1) is 6.92 Å². The Hall–Kier alpha value is -2.18. The van der Waals surface area contributed by atoms with E-state index in [1.54, 1.807) is 23.5 Å². The van der Waals surface area contributed by atoms with Crippen LogP contribution in [0.2, 0.25) is 0 Å². The minimum absolute atomic E-state index is 0.246. The van der Waals surface area contributed by atoms with Gasteiger partial charge in [-0.2, -0.15) is 0 Å². The molecule has 3 rings (SSSR count). The van der Waals surface area contributed by atoms with Crippen LogP contribution in [0.4, 0.5) is 0 Å². The van der Waals surface area contributed by atoms with E-state index < -0.39 is 10.8 Å². The molecule has 2 heterocycles. The summed E-state index contributed by atoms with van der Waals surface area (Å²) in [5.74, 6) is 0.810. The lowest BCUT2D eigenvalue weighted by Gasteiger charge is -2.04. The predicted molar refractivity (Wildman–Crippen MR) is 100 cm³/mol. The summed E-state index contributed by atoms with van der Waals surface area (Å²) in [4.78, 5) is 14.1. The maximum atomic E-state index is 12.5. The van der Waals surface area contributed by atoms with Crippen molar-refractivity contribution in [1.82, 2.24) is 5.32 Å². The Bertz CT molecular complexity index is 868. The van der Waals surface area contributed by atoms with Gasteiger partial charge in [-0.3, -0.25) is 9.00 Å². The number of benzene rings is 1. The van der Waals surface area contributed by atoms with Crippen LogP contribution in [0.25, 0.3) is 0 Å². The second-order valence-electron chi connectivity index (χ2n) is 5.61. The fourth-order valence-corrected chi connectivity index (χ4v) is 4.37. The van der Waals surface area contributed by atoms with Crippen LogP contribution in [0.5, 0.6) is 0 Å². The lowest BCUT2D eigenvalue weighted by molar-refractivity contribution is 0.0925. The molecule has 2 aromatic heterocycles. The van der Waals surface area contributed by atoms with Crippen LogP contribution < -0.4 is 5.32 Å². The monoisotopic (exact) mass is 373 g/mol. The number of thiophene rings is 1. The van der Waals surface area contributed by atoms with Gasteiger partial charge in [0.05, 0.1) is 16.6 Å². The summed E-state index contributed by atoms with van der Waals surface area (Å²) in [6.07, 6.45) is 0.800. The van der Waals surface area contributed by atoms with Gasteiger partial charge in [0.1, 0.15) is 5.76 Å². The van der Waals surface area contributed by atoms with E-state index in [1.807, 2.05) is 48.7 Å². The normalized spacial score (nSPS) is 12.0. The van der Waals surface area contributed by atoms with Gasteiger partial charge in [0.15, 0.2) is 5.76 Å². The van der Waals surface area contributed by atoms with Crippen molar-refractivity contribution >= 4 is 28.0 Å². The smallest absolute Gasteiger partial charge is 0.287 e. The number of nitrogens with one attached hydrogen (secondary N) is 1. The lowest BCUT2D eigenvalue weighted by atomic mass is 10.2. The van der Waals surface area contributed by atoms with E-state index >= 15 is 0 Å². The molecule has 1 amide bonds. The maximum absolute atomic E-state index is 12.5. The standard InChI is InChI=1S/C19H19NO3S2/c1-14-5-2-3-7-18(14)25(22)13-15-8-9-17(23-15)19(21)20-11-10-16-6-4-12-24-16/h2-9,12H,10-11,13H2,1H3,(H,20,21)/t25-/m0/s1. The van der Waals surface area contributed by atoms with Crippen molar-refractivity contribution in [2.24, 2.45) is 0 Å². The molecule has 4 nitrogen and oxygen atoms in total. The minimum atomic E-state index is -1.20. The van der Waals surface area contributed by atoms with Gasteiger partial charge in [0.2, 0.25) is 0 Å². The van der Waals surface area contributed by atoms with Crippen LogP contribution in [0.15, 0.2) is 63.2 Å². The van der Waals surface area contributed by atoms with E-state index in [4.69, 9.17) is 4.42 Å². The molecule has 0 bridgehead atoms. The van der Waals surface area contributed by atoms with Crippen LogP contribution in [0.1, 0.15) is 26.8 Å². The number of aryl methyl sites for hydroxylation is 1. The number of carbonyl (C=O) groups is 1. The summed E-state index contributed by atoms with van der Waals surface area (Å²) in [6.45, 7) is 2.49. The van der Waals surface area contributed by atoms with Gasteiger partial charge in [0, 0.05) is 16.3 Å². The summed E-state index contributed by atoms with van der Waals surface area (Å²) >= 11 is 1.67. The number of furan rings is 1. The lowest BCUT2D eigenvalue weighted by Crippen LogP contribution is -2.25. The highest BCUT2D eigenvalue weighted by Gasteiger charge is 2.14. The summed E-state index contributed by atoms with van der Waals surface area (Å²) < 4.78 is 18.0. The van der Waals surface area contributed by atoms with E-state index in [1.165, 1.54) is 4.88 Å². The molecule has 1 N–H and O–H groups in total. The van der Waals surface area contributed by atoms with Crippen LogP contribution in [0.3, 0.4) is 0 Å². The van der Waals surface area contributed by atoms with Crippen molar-refractivity contribution in [2.45, 2.75) is 24.0 Å². The second kappa shape index (κ2) is 8.27. The minimum Gasteiger partial charge on any atom is -0.455 e. The first-order valence-electron chi connectivity index (χ1n) is 7.97. The van der Waals surface area contributed by atoms with Crippen LogP contribution in [-0.4, -0.2) is 16.7 Å². The van der Waals surface area contributed by atoms with Gasteiger partial charge in [0.25, 0.3) is 5.91 Å². The second-order valence-corrected chi connectivity index (χ2v) is 8.06. The first-order chi connectivity index (χ1) is 12.1. The average Bonchev–Trinajstić information content (AvgIpc) is 3.27. The zero-order valence-electron chi connectivity index (χ0n) is 13.9. The molecule has 0 spiro atoms. The van der Waals surface area contributed by atoms with E-state index in [2.05, 4.69) is 5.32 Å². The van der Waals surface area contributed by atoms with Gasteiger partial charge < -0.3 is 9.73 Å². The molecule has 0 radical (unpaired) electrons. The number of carbonyl (C=O) groups excluding carboxylic acids is 1. The first-order valence-corrected chi connectivity index (χ1v) is 10.2. The Morgan fingerprint density at radius 2 is 2.00 bits per heavy atom. The molecular formula is C19H19NO3S2. The third-order valence-electron chi connectivity index (χ3n) is 3.73. The van der Waals surface area contributed by atoms with E-state index in [0.717, 1.165) is 16.9 Å². The molecule has 25 heavy (non-hydrogen) atoms. The van der Waals surface area contributed by atoms with Gasteiger partial charge >= 0.3 is 0 Å². The quantitative estimate of drug-likeness (QED) is 0.683. The Kier molecular flexibility index (Phi) is 5.83. The zero-order chi connectivity index (χ0) is 17.6. The third-order valence-corrected chi connectivity index (χ3v) is 6.17. The molecule has 6 heteroatoms. The van der Waals surface area contributed by atoms with Gasteiger partial charge in [-0.15, -0.1) is 11.3 Å². The van der Waals surface area contributed by atoms with Crippen molar-refractivity contribution in [2.75, 3.05) is 6.54 Å². The van der Waals surface area contributed by atoms with E-state index in [-0.39, 0.29) is 17.4 Å². The molecule has 1 aromatic carbocycles. The molecule has 0 aliphatic rings. The largest absolute Gasteiger partial charge is 0.455 e. The molecule has 0 unspecified atom stereocenters. The number of amides is 1. The van der Waals surface area contributed by atoms with Crippen molar-refractivity contribution in [3.8, 4) is 0 Å². The summed E-state index contributed by atoms with van der Waals surface area (Å²) in [6, 6.07) is 15.0. The highest BCUT2D eigenvalue weighted by molar-refractivity contribution is 7.84. The Balaban J connectivity index is 1.55. The molecule has 0 saturated heterocycles. The number of hydrogen-bond donors (Lipinski definition) is 1. The van der Waals surface area contributed by atoms with Crippen molar-refractivity contribution in [3.63, 3.8) is 0 Å². The molecule has 1 atom stereocenters. The Morgan fingerprint density at radius 1 is 1.16 bits per heavy atom. The van der Waals surface area contributed by atoms with Gasteiger partial charge in [-0.05, 0) is 48.6 Å². The molecule has 0 aliphatic heterocycles. The summed E-state index contributed by atoms with van der Waals surface area (Å²) in [7, 11) is -1.20. The highest BCUT2D eigenvalue weighted by Crippen LogP contribution is 2.18. The SMILES string of the molecule is Cc1ccccc1[S@@](=O)Cc1ccc(C(=O)NCCc2cccs2)o1. The molecule has 130 valence electrons. The fraction of sp³-hybridized carbons (Fsp3) is 0.211. The molecule has 3 aromatic rings. The molecule has 0 aliphatic carbocycles. The fourth-order valence-electron chi connectivity index (χ4n) is 2.44. The highest BCUT2D eigenvalue weighted by atomic mass is 32.2. The van der Waals surface area contributed by atoms with Gasteiger partial charge in [-0.1, -0.05) is 24.3 Å². The van der Waals surface area contributed by atoms with Crippen LogP contribution >= 0.6 is 11.3 Å². The van der Waals surface area contributed by atoms with Crippen molar-refractivity contribution in [1.29, 1.82) is 0 Å². The Morgan fingerprint density at radius 3 is 2.76 bits per heavy atom. The van der Waals surface area contributed by atoms with Crippen LogP contribution in [-0.2, 0) is 23.0 Å². The van der Waals surface area contributed by atoms with E-state index in [0.29, 0.717) is 12.3 Å². The molecule has 0 saturated carbocycles. The van der Waals surface area contributed by atoms with Crippen molar-refractivity contribution < 1.29 is 13.4 Å². The molecule has 0 fully saturated rings. The van der Waals surface area contributed by atoms with Gasteiger partial charge in [-0.25, -0.2) is 0 Å². The average molecular weight is 373 g/mol. The summed E-state index contributed by atoms with van der Waals surface area (Å²) in [5.41, 5.74) is 0.985. The topological polar surface area (TPSA) is 59.3 Å². The first kappa shape index (κ1) is 17.6. The predicted octanol–water partition coefficient (Wildman–Crippen LogP) is 3.93. The molecular weight excluding hydrogens is 354 g/mol. The van der Waals surface area contributed by atoms with Crippen molar-refractivity contribution in [3.05, 3.63) is 75.9 Å². The third kappa shape index (κ3) is 4.67. The van der Waals surface area contributed by atoms with E-state index in [9.17, 15) is 9.00 Å². The zero-order valence-corrected chi connectivity index (χ0v) is 15.5. The Labute approximate surface area is 153 Å². The number of hydrogen-bond acceptors (Lipinski definition) is 4. The number of rotatable bonds is 7. The summed E-state index contributed by atoms with van der Waals surface area (Å²) in [5, 5.41) is 4.86. The maximum Gasteiger partial charge on any atom is 0.287 e.